The number of piperidine rings is 1. The number of rotatable bonds is 2. The molecule has 2 atom stereocenters. The lowest BCUT2D eigenvalue weighted by atomic mass is 9.97. The summed E-state index contributed by atoms with van der Waals surface area (Å²) in [6.07, 6.45) is 1.91. The van der Waals surface area contributed by atoms with Gasteiger partial charge in [0.05, 0.1) is 5.69 Å². The van der Waals surface area contributed by atoms with Gasteiger partial charge in [0.25, 0.3) is 0 Å². The molecule has 94 valence electrons. The Kier molecular flexibility index (Phi) is 3.62. The van der Waals surface area contributed by atoms with Crippen molar-refractivity contribution in [3.8, 4) is 0 Å². The van der Waals surface area contributed by atoms with E-state index in [0.717, 1.165) is 25.5 Å². The Hall–Kier alpha value is -1.16. The van der Waals surface area contributed by atoms with Crippen LogP contribution >= 0.6 is 0 Å². The second-order valence-corrected chi connectivity index (χ2v) is 4.63. The van der Waals surface area contributed by atoms with Crippen molar-refractivity contribution in [1.29, 1.82) is 0 Å². The van der Waals surface area contributed by atoms with Gasteiger partial charge in [-0.25, -0.2) is 8.78 Å². The molecule has 2 unspecified atom stereocenters. The Morgan fingerprint density at radius 1 is 1.35 bits per heavy atom. The molecule has 2 nitrogen and oxygen atoms in total. The summed E-state index contributed by atoms with van der Waals surface area (Å²) in [5.41, 5.74) is 0.382. The second-order valence-electron chi connectivity index (χ2n) is 4.63. The summed E-state index contributed by atoms with van der Waals surface area (Å²) in [6.45, 7) is 2.81. The van der Waals surface area contributed by atoms with E-state index in [1.54, 1.807) is 12.1 Å². The highest BCUT2D eigenvalue weighted by Crippen LogP contribution is 2.28. The third-order valence-electron chi connectivity index (χ3n) is 3.53. The summed E-state index contributed by atoms with van der Waals surface area (Å²) in [7, 11) is 1.94. The predicted molar refractivity (Wildman–Crippen MR) is 65.2 cm³/mol. The lowest BCUT2D eigenvalue weighted by Crippen LogP contribution is -2.47. The molecular formula is C13H18F2N2. The number of nitrogens with one attached hydrogen (secondary N) is 1. The Morgan fingerprint density at radius 3 is 2.76 bits per heavy atom. The van der Waals surface area contributed by atoms with Gasteiger partial charge in [-0.05, 0) is 38.9 Å². The maximum absolute atomic E-state index is 13.7. The van der Waals surface area contributed by atoms with Crippen LogP contribution in [0.4, 0.5) is 14.5 Å². The molecule has 0 spiro atoms. The SMILES string of the molecule is CNC1CCN(c2cccc(F)c2F)C(C)C1. The maximum atomic E-state index is 13.7. The van der Waals surface area contributed by atoms with E-state index in [1.807, 2.05) is 18.9 Å². The van der Waals surface area contributed by atoms with Gasteiger partial charge in [0.2, 0.25) is 0 Å². The van der Waals surface area contributed by atoms with Gasteiger partial charge < -0.3 is 10.2 Å². The first-order chi connectivity index (χ1) is 8.13. The van der Waals surface area contributed by atoms with Crippen molar-refractivity contribution in [2.24, 2.45) is 0 Å². The van der Waals surface area contributed by atoms with E-state index in [-0.39, 0.29) is 6.04 Å². The van der Waals surface area contributed by atoms with Crippen molar-refractivity contribution in [2.45, 2.75) is 31.8 Å². The first-order valence-electron chi connectivity index (χ1n) is 6.01. The number of benzene rings is 1. The van der Waals surface area contributed by atoms with Crippen LogP contribution in [0.1, 0.15) is 19.8 Å². The highest BCUT2D eigenvalue weighted by molar-refractivity contribution is 5.49. The fourth-order valence-corrected chi connectivity index (χ4v) is 2.51. The normalized spacial score (nSPS) is 25.1. The van der Waals surface area contributed by atoms with Crippen LogP contribution < -0.4 is 10.2 Å². The van der Waals surface area contributed by atoms with Gasteiger partial charge in [-0.2, -0.15) is 0 Å². The van der Waals surface area contributed by atoms with Gasteiger partial charge in [0.1, 0.15) is 0 Å². The molecule has 17 heavy (non-hydrogen) atoms. The lowest BCUT2D eigenvalue weighted by Gasteiger charge is -2.39. The number of hydrogen-bond acceptors (Lipinski definition) is 2. The van der Waals surface area contributed by atoms with Gasteiger partial charge in [-0.1, -0.05) is 6.07 Å². The molecule has 1 fully saturated rings. The fraction of sp³-hybridized carbons (Fsp3) is 0.538. The van der Waals surface area contributed by atoms with Crippen LogP contribution in [0.3, 0.4) is 0 Å². The molecule has 1 aromatic rings. The van der Waals surface area contributed by atoms with Crippen molar-refractivity contribution in [1.82, 2.24) is 5.32 Å². The molecule has 0 aliphatic carbocycles. The minimum Gasteiger partial charge on any atom is -0.366 e. The zero-order valence-electron chi connectivity index (χ0n) is 10.2. The Bertz CT molecular complexity index is 395. The van der Waals surface area contributed by atoms with Gasteiger partial charge in [-0.15, -0.1) is 0 Å². The molecule has 2 rings (SSSR count). The third kappa shape index (κ3) is 2.41. The molecule has 0 amide bonds. The quantitative estimate of drug-likeness (QED) is 0.854. The molecule has 1 aliphatic heterocycles. The maximum Gasteiger partial charge on any atom is 0.182 e. The van der Waals surface area contributed by atoms with E-state index >= 15 is 0 Å². The van der Waals surface area contributed by atoms with E-state index in [2.05, 4.69) is 5.32 Å². The van der Waals surface area contributed by atoms with Crippen LogP contribution in [-0.4, -0.2) is 25.7 Å². The zero-order valence-corrected chi connectivity index (χ0v) is 10.2. The van der Waals surface area contributed by atoms with E-state index in [0.29, 0.717) is 11.7 Å². The fourth-order valence-electron chi connectivity index (χ4n) is 2.51. The summed E-state index contributed by atoms with van der Waals surface area (Å²) in [4.78, 5) is 1.95. The lowest BCUT2D eigenvalue weighted by molar-refractivity contribution is 0.382. The van der Waals surface area contributed by atoms with Gasteiger partial charge >= 0.3 is 0 Å². The van der Waals surface area contributed by atoms with Crippen molar-refractivity contribution >= 4 is 5.69 Å². The van der Waals surface area contributed by atoms with Crippen LogP contribution in [0, 0.1) is 11.6 Å². The number of halogens is 2. The highest BCUT2D eigenvalue weighted by Gasteiger charge is 2.26. The van der Waals surface area contributed by atoms with Crippen LogP contribution in [-0.2, 0) is 0 Å². The van der Waals surface area contributed by atoms with Crippen molar-refractivity contribution in [3.63, 3.8) is 0 Å². The van der Waals surface area contributed by atoms with Crippen LogP contribution in [0.25, 0.3) is 0 Å². The number of nitrogens with zero attached hydrogens (tertiary/aromatic N) is 1. The van der Waals surface area contributed by atoms with E-state index in [1.165, 1.54) is 0 Å². The Labute approximate surface area is 101 Å². The molecule has 0 aromatic heterocycles. The molecule has 0 saturated carbocycles. The molecule has 1 heterocycles. The number of anilines is 1. The van der Waals surface area contributed by atoms with Gasteiger partial charge in [-0.3, -0.25) is 0 Å². The summed E-state index contributed by atoms with van der Waals surface area (Å²) in [5, 5.41) is 3.24. The van der Waals surface area contributed by atoms with E-state index in [4.69, 9.17) is 0 Å². The molecule has 1 N–H and O–H groups in total. The van der Waals surface area contributed by atoms with Crippen LogP contribution in [0.5, 0.6) is 0 Å². The Balaban J connectivity index is 2.20. The largest absolute Gasteiger partial charge is 0.366 e. The molecule has 1 aromatic carbocycles. The molecule has 4 heteroatoms. The smallest absolute Gasteiger partial charge is 0.182 e. The zero-order chi connectivity index (χ0) is 12.4. The number of hydrogen-bond donors (Lipinski definition) is 1. The molecular weight excluding hydrogens is 222 g/mol. The summed E-state index contributed by atoms with van der Waals surface area (Å²) in [6, 6.07) is 5.05. The second kappa shape index (κ2) is 5.00. The minimum atomic E-state index is -0.773. The minimum absolute atomic E-state index is 0.220. The first kappa shape index (κ1) is 12.3. The third-order valence-corrected chi connectivity index (χ3v) is 3.53. The van der Waals surface area contributed by atoms with Crippen molar-refractivity contribution in [3.05, 3.63) is 29.8 Å². The van der Waals surface area contributed by atoms with Crippen molar-refractivity contribution < 1.29 is 8.78 Å². The average Bonchev–Trinajstić information content (AvgIpc) is 2.33. The molecule has 0 radical (unpaired) electrons. The van der Waals surface area contributed by atoms with E-state index < -0.39 is 11.6 Å². The monoisotopic (exact) mass is 240 g/mol. The first-order valence-corrected chi connectivity index (χ1v) is 6.01. The molecule has 0 bridgehead atoms. The summed E-state index contributed by atoms with van der Waals surface area (Å²) in [5.74, 6) is -1.51. The van der Waals surface area contributed by atoms with Gasteiger partial charge in [0.15, 0.2) is 11.6 Å². The topological polar surface area (TPSA) is 15.3 Å². The predicted octanol–water partition coefficient (Wildman–Crippen LogP) is 2.54. The standard InChI is InChI=1S/C13H18F2N2/c1-9-8-10(16-2)6-7-17(9)12-5-3-4-11(14)13(12)15/h3-5,9-10,16H,6-8H2,1-2H3. The summed E-state index contributed by atoms with van der Waals surface area (Å²) < 4.78 is 26.9. The molecule has 1 aliphatic rings. The van der Waals surface area contributed by atoms with Gasteiger partial charge in [0, 0.05) is 18.6 Å². The van der Waals surface area contributed by atoms with E-state index in [9.17, 15) is 8.78 Å². The average molecular weight is 240 g/mol. The van der Waals surface area contributed by atoms with Crippen molar-refractivity contribution in [2.75, 3.05) is 18.5 Å². The molecule has 1 saturated heterocycles. The highest BCUT2D eigenvalue weighted by atomic mass is 19.2. The summed E-state index contributed by atoms with van der Waals surface area (Å²) >= 11 is 0. The Morgan fingerprint density at radius 2 is 2.12 bits per heavy atom. The van der Waals surface area contributed by atoms with Crippen LogP contribution in [0.15, 0.2) is 18.2 Å². The van der Waals surface area contributed by atoms with Crippen LogP contribution in [0.2, 0.25) is 0 Å².